The van der Waals surface area contributed by atoms with Gasteiger partial charge in [0.05, 0.1) is 0 Å². The number of amides is 1. The lowest BCUT2D eigenvalue weighted by molar-refractivity contribution is 0.0657. The van der Waals surface area contributed by atoms with Crippen molar-refractivity contribution >= 4 is 5.91 Å². The zero-order valence-electron chi connectivity index (χ0n) is 13.2. The number of benzene rings is 1. The summed E-state index contributed by atoms with van der Waals surface area (Å²) in [5, 5.41) is 13.2. The van der Waals surface area contributed by atoms with Crippen LogP contribution in [0.4, 0.5) is 0 Å². The number of hydrogen-bond acceptors (Lipinski definition) is 3. The number of hydrogen-bond donors (Lipinski definition) is 2. The molecule has 1 aromatic carbocycles. The molecule has 4 nitrogen and oxygen atoms in total. The third-order valence-corrected chi connectivity index (χ3v) is 4.25. The van der Waals surface area contributed by atoms with Gasteiger partial charge in [-0.2, -0.15) is 0 Å². The number of carbonyl (C=O) groups is 1. The summed E-state index contributed by atoms with van der Waals surface area (Å²) < 4.78 is 0. The lowest BCUT2D eigenvalue weighted by Crippen LogP contribution is -2.42. The number of aromatic hydroxyl groups is 1. The summed E-state index contributed by atoms with van der Waals surface area (Å²) >= 11 is 0. The Kier molecular flexibility index (Phi) is 5.23. The number of nitrogens with one attached hydrogen (secondary N) is 1. The molecule has 0 unspecified atom stereocenters. The van der Waals surface area contributed by atoms with Crippen LogP contribution in [0.3, 0.4) is 0 Å². The lowest BCUT2D eigenvalue weighted by atomic mass is 9.96. The summed E-state index contributed by atoms with van der Waals surface area (Å²) in [6.45, 7) is 8.80. The van der Waals surface area contributed by atoms with E-state index in [9.17, 15) is 9.90 Å². The maximum Gasteiger partial charge on any atom is 0.254 e. The molecule has 0 spiro atoms. The number of phenols is 1. The molecule has 2 N–H and O–H groups in total. The van der Waals surface area contributed by atoms with Crippen LogP contribution in [0.1, 0.15) is 42.6 Å². The number of piperidine rings is 1. The van der Waals surface area contributed by atoms with E-state index < -0.39 is 0 Å². The van der Waals surface area contributed by atoms with Gasteiger partial charge in [0.25, 0.3) is 5.91 Å². The second-order valence-corrected chi connectivity index (χ2v) is 6.25. The molecule has 1 fully saturated rings. The van der Waals surface area contributed by atoms with Gasteiger partial charge in [-0.3, -0.25) is 4.79 Å². The summed E-state index contributed by atoms with van der Waals surface area (Å²) in [6.07, 6.45) is 2.24. The molecular formula is C17H26N2O2. The highest BCUT2D eigenvalue weighted by molar-refractivity contribution is 5.95. The molecule has 4 heteroatoms. The Morgan fingerprint density at radius 3 is 2.62 bits per heavy atom. The second-order valence-electron chi connectivity index (χ2n) is 6.25. The monoisotopic (exact) mass is 290 g/mol. The molecule has 1 heterocycles. The van der Waals surface area contributed by atoms with E-state index in [0.29, 0.717) is 11.5 Å². The number of aryl methyl sites for hydroxylation is 1. The maximum atomic E-state index is 12.7. The molecule has 0 saturated carbocycles. The summed E-state index contributed by atoms with van der Waals surface area (Å²) in [6, 6.07) is 5.34. The van der Waals surface area contributed by atoms with E-state index >= 15 is 0 Å². The molecule has 1 saturated heterocycles. The van der Waals surface area contributed by atoms with Gasteiger partial charge in [-0.15, -0.1) is 0 Å². The number of nitrogens with zero attached hydrogens (tertiary/aromatic N) is 1. The molecule has 2 rings (SSSR count). The van der Waals surface area contributed by atoms with Gasteiger partial charge in [0.1, 0.15) is 5.75 Å². The van der Waals surface area contributed by atoms with Crippen molar-refractivity contribution < 1.29 is 9.90 Å². The minimum absolute atomic E-state index is 0.0128. The summed E-state index contributed by atoms with van der Waals surface area (Å²) in [5.41, 5.74) is 1.36. The fraction of sp³-hybridized carbons (Fsp3) is 0.588. The van der Waals surface area contributed by atoms with E-state index in [0.717, 1.165) is 38.0 Å². The van der Waals surface area contributed by atoms with Gasteiger partial charge in [0.2, 0.25) is 0 Å². The van der Waals surface area contributed by atoms with Crippen molar-refractivity contribution in [3.05, 3.63) is 29.3 Å². The van der Waals surface area contributed by atoms with E-state index in [1.165, 1.54) is 0 Å². The van der Waals surface area contributed by atoms with Crippen molar-refractivity contribution in [1.29, 1.82) is 0 Å². The van der Waals surface area contributed by atoms with Crippen LogP contribution >= 0.6 is 0 Å². The first-order chi connectivity index (χ1) is 9.99. The average Bonchev–Trinajstić information content (AvgIpc) is 2.47. The second kappa shape index (κ2) is 6.94. The molecule has 116 valence electrons. The Balaban J connectivity index is 2.12. The van der Waals surface area contributed by atoms with E-state index in [-0.39, 0.29) is 17.7 Å². The predicted molar refractivity (Wildman–Crippen MR) is 84.6 cm³/mol. The molecular weight excluding hydrogens is 264 g/mol. The Labute approximate surface area is 127 Å². The van der Waals surface area contributed by atoms with Crippen LogP contribution in [0, 0.1) is 12.8 Å². The molecule has 0 bridgehead atoms. The fourth-order valence-electron chi connectivity index (χ4n) is 2.78. The zero-order valence-corrected chi connectivity index (χ0v) is 13.2. The fourth-order valence-corrected chi connectivity index (χ4v) is 2.78. The third kappa shape index (κ3) is 3.97. The Hall–Kier alpha value is -1.55. The van der Waals surface area contributed by atoms with E-state index in [1.54, 1.807) is 18.2 Å². The third-order valence-electron chi connectivity index (χ3n) is 4.25. The van der Waals surface area contributed by atoms with Crippen molar-refractivity contribution in [3.8, 4) is 5.75 Å². The molecule has 1 aliphatic heterocycles. The molecule has 21 heavy (non-hydrogen) atoms. The number of carbonyl (C=O) groups excluding carboxylic acids is 1. The molecule has 0 atom stereocenters. The van der Waals surface area contributed by atoms with Crippen molar-refractivity contribution in [3.63, 3.8) is 0 Å². The van der Waals surface area contributed by atoms with Crippen molar-refractivity contribution in [2.75, 3.05) is 19.6 Å². The Morgan fingerprint density at radius 1 is 1.38 bits per heavy atom. The van der Waals surface area contributed by atoms with Gasteiger partial charge in [-0.05, 0) is 70.3 Å². The van der Waals surface area contributed by atoms with Crippen LogP contribution in [-0.4, -0.2) is 41.6 Å². The highest BCUT2D eigenvalue weighted by atomic mass is 16.3. The zero-order chi connectivity index (χ0) is 15.4. The molecule has 0 aliphatic carbocycles. The number of phenolic OH excluding ortho intramolecular Hbond substituents is 1. The molecule has 1 amide bonds. The van der Waals surface area contributed by atoms with Gasteiger partial charge in [-0.1, -0.05) is 6.07 Å². The van der Waals surface area contributed by atoms with Gasteiger partial charge in [-0.25, -0.2) is 0 Å². The van der Waals surface area contributed by atoms with Crippen molar-refractivity contribution in [1.82, 2.24) is 10.2 Å². The van der Waals surface area contributed by atoms with Crippen LogP contribution in [-0.2, 0) is 0 Å². The first-order valence-electron chi connectivity index (χ1n) is 7.80. The summed E-state index contributed by atoms with van der Waals surface area (Å²) in [7, 11) is 0. The van der Waals surface area contributed by atoms with Gasteiger partial charge < -0.3 is 15.3 Å². The lowest BCUT2D eigenvalue weighted by Gasteiger charge is -2.33. The molecule has 0 radical (unpaired) electrons. The van der Waals surface area contributed by atoms with Gasteiger partial charge >= 0.3 is 0 Å². The van der Waals surface area contributed by atoms with Gasteiger partial charge in [0.15, 0.2) is 0 Å². The van der Waals surface area contributed by atoms with Crippen LogP contribution in [0.5, 0.6) is 5.75 Å². The smallest absolute Gasteiger partial charge is 0.254 e. The van der Waals surface area contributed by atoms with E-state index in [1.807, 2.05) is 25.7 Å². The standard InChI is InChI=1S/C17H26N2O2/c1-12(2)19(11-14-6-8-18-9-7-14)17(21)15-5-4-13(3)16(20)10-15/h4-5,10,12,14,18,20H,6-9,11H2,1-3H3. The Morgan fingerprint density at radius 2 is 2.05 bits per heavy atom. The van der Waals surface area contributed by atoms with E-state index in [4.69, 9.17) is 0 Å². The topological polar surface area (TPSA) is 52.6 Å². The normalized spacial score (nSPS) is 16.2. The minimum Gasteiger partial charge on any atom is -0.508 e. The summed E-state index contributed by atoms with van der Waals surface area (Å²) in [4.78, 5) is 14.7. The maximum absolute atomic E-state index is 12.7. The van der Waals surface area contributed by atoms with Crippen LogP contribution in [0.2, 0.25) is 0 Å². The highest BCUT2D eigenvalue weighted by Gasteiger charge is 2.24. The summed E-state index contributed by atoms with van der Waals surface area (Å²) in [5.74, 6) is 0.766. The quantitative estimate of drug-likeness (QED) is 0.896. The Bertz CT molecular complexity index is 494. The molecule has 0 aromatic heterocycles. The van der Waals surface area contributed by atoms with Crippen LogP contribution in [0.25, 0.3) is 0 Å². The SMILES string of the molecule is Cc1ccc(C(=O)N(CC2CCNCC2)C(C)C)cc1O. The largest absolute Gasteiger partial charge is 0.508 e. The molecule has 1 aliphatic rings. The van der Waals surface area contributed by atoms with E-state index in [2.05, 4.69) is 5.32 Å². The number of rotatable bonds is 4. The predicted octanol–water partition coefficient (Wildman–Crippen LogP) is 2.55. The van der Waals surface area contributed by atoms with Crippen LogP contribution < -0.4 is 5.32 Å². The van der Waals surface area contributed by atoms with Crippen molar-refractivity contribution in [2.45, 2.75) is 39.7 Å². The first-order valence-corrected chi connectivity index (χ1v) is 7.80. The van der Waals surface area contributed by atoms with Crippen LogP contribution in [0.15, 0.2) is 18.2 Å². The van der Waals surface area contributed by atoms with Crippen molar-refractivity contribution in [2.24, 2.45) is 5.92 Å². The minimum atomic E-state index is 0.0128. The average molecular weight is 290 g/mol. The highest BCUT2D eigenvalue weighted by Crippen LogP contribution is 2.21. The van der Waals surface area contributed by atoms with Gasteiger partial charge in [0, 0.05) is 18.2 Å². The first kappa shape index (κ1) is 15.8. The molecule has 1 aromatic rings.